The van der Waals surface area contributed by atoms with Gasteiger partial charge in [-0.25, -0.2) is 0 Å². The summed E-state index contributed by atoms with van der Waals surface area (Å²) in [5.74, 6) is 0.325. The van der Waals surface area contributed by atoms with Crippen LogP contribution < -0.4 is 5.32 Å². The Morgan fingerprint density at radius 3 is 2.24 bits per heavy atom. The smallest absolute Gasteiger partial charge is 0.115 e. The molecule has 0 aliphatic heterocycles. The van der Waals surface area contributed by atoms with Gasteiger partial charge in [0.25, 0.3) is 0 Å². The third kappa shape index (κ3) is 4.08. The molecule has 0 heterocycles. The van der Waals surface area contributed by atoms with Gasteiger partial charge in [-0.15, -0.1) is 0 Å². The summed E-state index contributed by atoms with van der Waals surface area (Å²) < 4.78 is 0. The predicted molar refractivity (Wildman–Crippen MR) is 88.9 cm³/mol. The summed E-state index contributed by atoms with van der Waals surface area (Å²) in [6.45, 7) is 9.66. The van der Waals surface area contributed by atoms with Crippen molar-refractivity contribution in [2.45, 2.75) is 40.2 Å². The molecule has 2 nitrogen and oxygen atoms in total. The Kier molecular flexibility index (Phi) is 5.03. The van der Waals surface area contributed by atoms with Crippen molar-refractivity contribution >= 4 is 0 Å². The van der Waals surface area contributed by atoms with Crippen LogP contribution in [0.3, 0.4) is 0 Å². The van der Waals surface area contributed by atoms with Crippen LogP contribution in [0.4, 0.5) is 0 Å². The lowest BCUT2D eigenvalue weighted by atomic mass is 9.96. The van der Waals surface area contributed by atoms with Crippen molar-refractivity contribution in [1.29, 1.82) is 0 Å². The zero-order valence-electron chi connectivity index (χ0n) is 13.4. The molecular weight excluding hydrogens is 258 g/mol. The van der Waals surface area contributed by atoms with Gasteiger partial charge in [0.2, 0.25) is 0 Å². The van der Waals surface area contributed by atoms with Gasteiger partial charge in [0.1, 0.15) is 5.75 Å². The SMILES string of the molecule is Cc1cc(C)c(C(C)NCCc2ccc(O)cc2)cc1C. The van der Waals surface area contributed by atoms with E-state index >= 15 is 0 Å². The molecule has 0 amide bonds. The maximum absolute atomic E-state index is 9.28. The van der Waals surface area contributed by atoms with Crippen molar-refractivity contribution in [3.05, 3.63) is 64.2 Å². The fraction of sp³-hybridized carbons (Fsp3) is 0.368. The second-order valence-electron chi connectivity index (χ2n) is 5.89. The van der Waals surface area contributed by atoms with Crippen molar-refractivity contribution < 1.29 is 5.11 Å². The fourth-order valence-electron chi connectivity index (χ4n) is 2.65. The largest absolute Gasteiger partial charge is 0.508 e. The van der Waals surface area contributed by atoms with Crippen LogP contribution in [0.25, 0.3) is 0 Å². The molecule has 21 heavy (non-hydrogen) atoms. The third-order valence-corrected chi connectivity index (χ3v) is 4.15. The summed E-state index contributed by atoms with van der Waals surface area (Å²) in [6, 6.07) is 12.3. The molecule has 0 aliphatic rings. The van der Waals surface area contributed by atoms with Crippen molar-refractivity contribution in [1.82, 2.24) is 5.32 Å². The number of aromatic hydroxyl groups is 1. The van der Waals surface area contributed by atoms with Gasteiger partial charge in [-0.05, 0) is 80.6 Å². The molecule has 2 aromatic rings. The Balaban J connectivity index is 1.94. The van der Waals surface area contributed by atoms with Crippen LogP contribution >= 0.6 is 0 Å². The molecular formula is C19H25NO. The summed E-state index contributed by atoms with van der Waals surface area (Å²) in [5, 5.41) is 12.9. The highest BCUT2D eigenvalue weighted by Crippen LogP contribution is 2.21. The van der Waals surface area contributed by atoms with Crippen LogP contribution in [0.1, 0.15) is 40.8 Å². The van der Waals surface area contributed by atoms with Gasteiger partial charge in [0.15, 0.2) is 0 Å². The first-order chi connectivity index (χ1) is 9.97. The van der Waals surface area contributed by atoms with E-state index in [9.17, 15) is 5.11 Å². The quantitative estimate of drug-likeness (QED) is 0.861. The second-order valence-corrected chi connectivity index (χ2v) is 5.89. The van der Waals surface area contributed by atoms with Crippen molar-refractivity contribution in [2.75, 3.05) is 6.54 Å². The molecule has 2 heteroatoms. The Hall–Kier alpha value is -1.80. The standard InChI is InChI=1S/C19H25NO/c1-13-11-15(3)19(12-14(13)2)16(4)20-10-9-17-5-7-18(21)8-6-17/h5-8,11-12,16,20-21H,9-10H2,1-4H3. The molecule has 0 saturated heterocycles. The highest BCUT2D eigenvalue weighted by atomic mass is 16.3. The summed E-state index contributed by atoms with van der Waals surface area (Å²) in [5.41, 5.74) is 6.67. The number of nitrogens with one attached hydrogen (secondary N) is 1. The molecule has 1 unspecified atom stereocenters. The van der Waals surface area contributed by atoms with Crippen molar-refractivity contribution in [3.8, 4) is 5.75 Å². The minimum atomic E-state index is 0.325. The van der Waals surface area contributed by atoms with Gasteiger partial charge in [-0.3, -0.25) is 0 Å². The second kappa shape index (κ2) is 6.77. The summed E-state index contributed by atoms with van der Waals surface area (Å²) >= 11 is 0. The van der Waals surface area contributed by atoms with Gasteiger partial charge in [0.05, 0.1) is 0 Å². The zero-order chi connectivity index (χ0) is 15.4. The average Bonchev–Trinajstić information content (AvgIpc) is 2.45. The average molecular weight is 283 g/mol. The van der Waals surface area contributed by atoms with E-state index < -0.39 is 0 Å². The Bertz CT molecular complexity index is 602. The monoisotopic (exact) mass is 283 g/mol. The van der Waals surface area contributed by atoms with Crippen LogP contribution in [0.5, 0.6) is 5.75 Å². The minimum absolute atomic E-state index is 0.325. The van der Waals surface area contributed by atoms with Gasteiger partial charge in [-0.2, -0.15) is 0 Å². The maximum atomic E-state index is 9.28. The number of rotatable bonds is 5. The number of hydrogen-bond donors (Lipinski definition) is 2. The van der Waals surface area contributed by atoms with Gasteiger partial charge in [-0.1, -0.05) is 24.3 Å². The third-order valence-electron chi connectivity index (χ3n) is 4.15. The van der Waals surface area contributed by atoms with Crippen LogP contribution in [0.15, 0.2) is 36.4 Å². The van der Waals surface area contributed by atoms with Gasteiger partial charge < -0.3 is 10.4 Å². The number of phenols is 1. The first-order valence-corrected chi connectivity index (χ1v) is 7.56. The molecule has 112 valence electrons. The van der Waals surface area contributed by atoms with E-state index in [2.05, 4.69) is 45.1 Å². The predicted octanol–water partition coefficient (Wildman–Crippen LogP) is 4.21. The van der Waals surface area contributed by atoms with E-state index in [1.807, 2.05) is 12.1 Å². The van der Waals surface area contributed by atoms with E-state index in [-0.39, 0.29) is 0 Å². The normalized spacial score (nSPS) is 12.4. The summed E-state index contributed by atoms with van der Waals surface area (Å²) in [6.07, 6.45) is 0.967. The number of hydrogen-bond acceptors (Lipinski definition) is 2. The zero-order valence-corrected chi connectivity index (χ0v) is 13.4. The molecule has 1 atom stereocenters. The first-order valence-electron chi connectivity index (χ1n) is 7.56. The molecule has 2 aromatic carbocycles. The lowest BCUT2D eigenvalue weighted by Crippen LogP contribution is -2.22. The summed E-state index contributed by atoms with van der Waals surface area (Å²) in [7, 11) is 0. The van der Waals surface area contributed by atoms with E-state index in [4.69, 9.17) is 0 Å². The summed E-state index contributed by atoms with van der Waals surface area (Å²) in [4.78, 5) is 0. The van der Waals surface area contributed by atoms with Crippen LogP contribution in [0.2, 0.25) is 0 Å². The van der Waals surface area contributed by atoms with E-state index in [1.165, 1.54) is 27.8 Å². The van der Waals surface area contributed by atoms with E-state index in [0.29, 0.717) is 11.8 Å². The molecule has 0 radical (unpaired) electrons. The molecule has 0 spiro atoms. The van der Waals surface area contributed by atoms with Gasteiger partial charge >= 0.3 is 0 Å². The molecule has 0 fully saturated rings. The highest BCUT2D eigenvalue weighted by molar-refractivity contribution is 5.38. The van der Waals surface area contributed by atoms with E-state index in [0.717, 1.165) is 13.0 Å². The molecule has 0 saturated carbocycles. The lowest BCUT2D eigenvalue weighted by molar-refractivity contribution is 0.475. The molecule has 0 aliphatic carbocycles. The van der Waals surface area contributed by atoms with Crippen LogP contribution in [-0.4, -0.2) is 11.7 Å². The lowest BCUT2D eigenvalue weighted by Gasteiger charge is -2.18. The van der Waals surface area contributed by atoms with Crippen molar-refractivity contribution in [3.63, 3.8) is 0 Å². The van der Waals surface area contributed by atoms with Crippen LogP contribution in [0, 0.1) is 20.8 Å². The first kappa shape index (κ1) is 15.6. The molecule has 0 aromatic heterocycles. The minimum Gasteiger partial charge on any atom is -0.508 e. The van der Waals surface area contributed by atoms with Gasteiger partial charge in [0, 0.05) is 6.04 Å². The molecule has 2 N–H and O–H groups in total. The number of phenolic OH excluding ortho intramolecular Hbond substituents is 1. The Morgan fingerprint density at radius 1 is 0.952 bits per heavy atom. The van der Waals surface area contributed by atoms with Crippen molar-refractivity contribution in [2.24, 2.45) is 0 Å². The fourth-order valence-corrected chi connectivity index (χ4v) is 2.65. The van der Waals surface area contributed by atoms with E-state index in [1.54, 1.807) is 12.1 Å². The topological polar surface area (TPSA) is 32.3 Å². The number of benzene rings is 2. The highest BCUT2D eigenvalue weighted by Gasteiger charge is 2.09. The Morgan fingerprint density at radius 2 is 1.57 bits per heavy atom. The molecule has 2 rings (SSSR count). The number of aryl methyl sites for hydroxylation is 3. The van der Waals surface area contributed by atoms with Crippen LogP contribution in [-0.2, 0) is 6.42 Å². The maximum Gasteiger partial charge on any atom is 0.115 e. The Labute approximate surface area is 127 Å². The molecule has 0 bridgehead atoms.